The van der Waals surface area contributed by atoms with Crippen molar-refractivity contribution >= 4 is 21.6 Å². The molecule has 1 aromatic heterocycles. The molecule has 1 aliphatic rings. The van der Waals surface area contributed by atoms with Gasteiger partial charge in [-0.15, -0.1) is 0 Å². The maximum atomic E-state index is 11.3. The molecule has 1 saturated heterocycles. The van der Waals surface area contributed by atoms with E-state index in [-0.39, 0.29) is 23.1 Å². The predicted octanol–water partition coefficient (Wildman–Crippen LogP) is 1.08. The van der Waals surface area contributed by atoms with Crippen LogP contribution in [-0.2, 0) is 9.84 Å². The Balaban J connectivity index is 2.09. The number of carboxylic acids is 1. The van der Waals surface area contributed by atoms with Crippen molar-refractivity contribution in [2.45, 2.75) is 25.8 Å². The molecule has 1 fully saturated rings. The third-order valence-electron chi connectivity index (χ3n) is 3.11. The predicted molar refractivity (Wildman–Crippen MR) is 71.2 cm³/mol. The van der Waals surface area contributed by atoms with Gasteiger partial charge in [-0.25, -0.2) is 18.2 Å². The van der Waals surface area contributed by atoms with Crippen molar-refractivity contribution in [3.8, 4) is 0 Å². The van der Waals surface area contributed by atoms with E-state index in [1.807, 2.05) is 0 Å². The second-order valence-corrected chi connectivity index (χ2v) is 7.06. The van der Waals surface area contributed by atoms with Crippen molar-refractivity contribution in [2.75, 3.05) is 16.8 Å². The topological polar surface area (TPSA) is 96.4 Å². The van der Waals surface area contributed by atoms with Crippen LogP contribution in [-0.4, -0.2) is 42.0 Å². The largest absolute Gasteiger partial charge is 0.478 e. The SMILES string of the molecule is Cc1cc(C(=O)O)cc(NC2CCS(=O)(=O)CC2)n1. The van der Waals surface area contributed by atoms with Crippen molar-refractivity contribution in [3.05, 3.63) is 23.4 Å². The van der Waals surface area contributed by atoms with Crippen LogP contribution < -0.4 is 5.32 Å². The molecule has 1 aliphatic heterocycles. The van der Waals surface area contributed by atoms with Gasteiger partial charge in [0.15, 0.2) is 0 Å². The molecule has 7 heteroatoms. The molecule has 0 spiro atoms. The van der Waals surface area contributed by atoms with Crippen molar-refractivity contribution in [2.24, 2.45) is 0 Å². The molecule has 104 valence electrons. The van der Waals surface area contributed by atoms with Gasteiger partial charge in [0.25, 0.3) is 0 Å². The summed E-state index contributed by atoms with van der Waals surface area (Å²) in [5.41, 5.74) is 0.796. The van der Waals surface area contributed by atoms with Gasteiger partial charge in [-0.1, -0.05) is 0 Å². The van der Waals surface area contributed by atoms with E-state index >= 15 is 0 Å². The van der Waals surface area contributed by atoms with Gasteiger partial charge < -0.3 is 10.4 Å². The van der Waals surface area contributed by atoms with E-state index in [0.29, 0.717) is 24.4 Å². The monoisotopic (exact) mass is 284 g/mol. The lowest BCUT2D eigenvalue weighted by atomic mass is 10.1. The van der Waals surface area contributed by atoms with E-state index in [4.69, 9.17) is 5.11 Å². The number of pyridine rings is 1. The number of hydrogen-bond donors (Lipinski definition) is 2. The number of aromatic carboxylic acids is 1. The lowest BCUT2D eigenvalue weighted by Gasteiger charge is -2.23. The van der Waals surface area contributed by atoms with Crippen molar-refractivity contribution in [1.82, 2.24) is 4.98 Å². The number of hydrogen-bond acceptors (Lipinski definition) is 5. The van der Waals surface area contributed by atoms with Crippen LogP contribution in [0.3, 0.4) is 0 Å². The first-order chi connectivity index (χ1) is 8.85. The fourth-order valence-electron chi connectivity index (χ4n) is 2.11. The molecule has 2 heterocycles. The Morgan fingerprint density at radius 1 is 1.37 bits per heavy atom. The first-order valence-electron chi connectivity index (χ1n) is 6.05. The summed E-state index contributed by atoms with van der Waals surface area (Å²) in [5, 5.41) is 12.1. The van der Waals surface area contributed by atoms with Gasteiger partial charge in [-0.2, -0.15) is 0 Å². The number of aromatic nitrogens is 1. The molecule has 0 aromatic carbocycles. The van der Waals surface area contributed by atoms with Gasteiger partial charge in [0.05, 0.1) is 17.1 Å². The summed E-state index contributed by atoms with van der Waals surface area (Å²) in [5.74, 6) is -0.175. The number of anilines is 1. The molecule has 19 heavy (non-hydrogen) atoms. The van der Waals surface area contributed by atoms with Gasteiger partial charge >= 0.3 is 5.97 Å². The average molecular weight is 284 g/mol. The highest BCUT2D eigenvalue weighted by atomic mass is 32.2. The zero-order valence-corrected chi connectivity index (χ0v) is 11.4. The Bertz CT molecular complexity index is 584. The second-order valence-electron chi connectivity index (χ2n) is 4.76. The Hall–Kier alpha value is -1.63. The van der Waals surface area contributed by atoms with Crippen molar-refractivity contribution in [3.63, 3.8) is 0 Å². The lowest BCUT2D eigenvalue weighted by Crippen LogP contribution is -2.32. The minimum atomic E-state index is -2.89. The van der Waals surface area contributed by atoms with Crippen molar-refractivity contribution < 1.29 is 18.3 Å². The van der Waals surface area contributed by atoms with E-state index in [2.05, 4.69) is 10.3 Å². The summed E-state index contributed by atoms with van der Waals surface area (Å²) >= 11 is 0. The Morgan fingerprint density at radius 3 is 2.58 bits per heavy atom. The van der Waals surface area contributed by atoms with Gasteiger partial charge in [-0.05, 0) is 31.9 Å². The van der Waals surface area contributed by atoms with Gasteiger partial charge in [-0.3, -0.25) is 0 Å². The van der Waals surface area contributed by atoms with E-state index in [1.54, 1.807) is 6.92 Å². The van der Waals surface area contributed by atoms with Crippen LogP contribution in [0.25, 0.3) is 0 Å². The smallest absolute Gasteiger partial charge is 0.335 e. The van der Waals surface area contributed by atoms with Crippen LogP contribution in [0, 0.1) is 6.92 Å². The van der Waals surface area contributed by atoms with E-state index in [9.17, 15) is 13.2 Å². The molecule has 0 unspecified atom stereocenters. The first kappa shape index (κ1) is 13.8. The Kier molecular flexibility index (Phi) is 3.75. The molecule has 0 amide bonds. The van der Waals surface area contributed by atoms with Gasteiger partial charge in [0.2, 0.25) is 0 Å². The standard InChI is InChI=1S/C12H16N2O4S/c1-8-6-9(12(15)16)7-11(13-8)14-10-2-4-19(17,18)5-3-10/h6-7,10H,2-5H2,1H3,(H,13,14)(H,15,16). The minimum Gasteiger partial charge on any atom is -0.478 e. The molecule has 1 aromatic rings. The molecule has 2 N–H and O–H groups in total. The van der Waals surface area contributed by atoms with E-state index in [0.717, 1.165) is 0 Å². The normalized spacial score (nSPS) is 19.0. The minimum absolute atomic E-state index is 0.0273. The summed E-state index contributed by atoms with van der Waals surface area (Å²) in [4.78, 5) is 15.2. The van der Waals surface area contributed by atoms with Gasteiger partial charge in [0, 0.05) is 11.7 Å². The van der Waals surface area contributed by atoms with Crippen LogP contribution in [0.2, 0.25) is 0 Å². The maximum absolute atomic E-state index is 11.3. The third kappa shape index (κ3) is 3.66. The fraction of sp³-hybridized carbons (Fsp3) is 0.500. The van der Waals surface area contributed by atoms with Crippen LogP contribution in [0.5, 0.6) is 0 Å². The fourth-order valence-corrected chi connectivity index (χ4v) is 3.60. The quantitative estimate of drug-likeness (QED) is 0.862. The van der Waals surface area contributed by atoms with Crippen LogP contribution >= 0.6 is 0 Å². The van der Waals surface area contributed by atoms with Gasteiger partial charge in [0.1, 0.15) is 15.7 Å². The highest BCUT2D eigenvalue weighted by molar-refractivity contribution is 7.91. The molecule has 0 atom stereocenters. The molecule has 0 saturated carbocycles. The maximum Gasteiger partial charge on any atom is 0.335 e. The van der Waals surface area contributed by atoms with Crippen LogP contribution in [0.4, 0.5) is 5.82 Å². The number of carboxylic acid groups (broad SMARTS) is 1. The number of nitrogens with one attached hydrogen (secondary N) is 1. The molecule has 6 nitrogen and oxygen atoms in total. The average Bonchev–Trinajstić information content (AvgIpc) is 2.31. The molecule has 0 aliphatic carbocycles. The Morgan fingerprint density at radius 2 is 2.00 bits per heavy atom. The highest BCUT2D eigenvalue weighted by Gasteiger charge is 2.23. The first-order valence-corrected chi connectivity index (χ1v) is 7.87. The number of carbonyl (C=O) groups is 1. The summed E-state index contributed by atoms with van der Waals surface area (Å²) < 4.78 is 22.6. The molecule has 2 rings (SSSR count). The summed E-state index contributed by atoms with van der Waals surface area (Å²) in [6.45, 7) is 1.73. The van der Waals surface area contributed by atoms with Crippen molar-refractivity contribution in [1.29, 1.82) is 0 Å². The molecular weight excluding hydrogens is 268 g/mol. The number of rotatable bonds is 3. The summed E-state index contributed by atoms with van der Waals surface area (Å²) in [7, 11) is -2.89. The third-order valence-corrected chi connectivity index (χ3v) is 4.82. The van der Waals surface area contributed by atoms with E-state index < -0.39 is 15.8 Å². The second kappa shape index (κ2) is 5.16. The zero-order valence-electron chi connectivity index (χ0n) is 10.6. The van der Waals surface area contributed by atoms with E-state index in [1.165, 1.54) is 12.1 Å². The van der Waals surface area contributed by atoms with Crippen LogP contribution in [0.1, 0.15) is 28.9 Å². The zero-order chi connectivity index (χ0) is 14.0. The highest BCUT2D eigenvalue weighted by Crippen LogP contribution is 2.18. The Labute approximate surface area is 111 Å². The van der Waals surface area contributed by atoms with Crippen LogP contribution in [0.15, 0.2) is 12.1 Å². The molecular formula is C12H16N2O4S. The summed E-state index contributed by atoms with van der Waals surface area (Å²) in [6, 6.07) is 3.00. The number of aryl methyl sites for hydroxylation is 1. The molecule has 0 bridgehead atoms. The summed E-state index contributed by atoms with van der Waals surface area (Å²) in [6.07, 6.45) is 1.06. The lowest BCUT2D eigenvalue weighted by molar-refractivity contribution is 0.0696. The number of sulfone groups is 1. The molecule has 0 radical (unpaired) electrons. The number of nitrogens with zero attached hydrogens (tertiary/aromatic N) is 1.